The lowest BCUT2D eigenvalue weighted by Gasteiger charge is -2.12. The van der Waals surface area contributed by atoms with E-state index in [-0.39, 0.29) is 6.61 Å². The summed E-state index contributed by atoms with van der Waals surface area (Å²) in [7, 11) is 0. The highest BCUT2D eigenvalue weighted by atomic mass is 79.9. The van der Waals surface area contributed by atoms with Crippen LogP contribution in [-0.2, 0) is 14.3 Å². The van der Waals surface area contributed by atoms with Gasteiger partial charge in [0.1, 0.15) is 4.60 Å². The highest BCUT2D eigenvalue weighted by Crippen LogP contribution is 2.16. The van der Waals surface area contributed by atoms with Crippen molar-refractivity contribution >= 4 is 33.5 Å². The zero-order valence-corrected chi connectivity index (χ0v) is 11.7. The quantitative estimate of drug-likeness (QED) is 0.490. The lowest BCUT2D eigenvalue weighted by atomic mass is 10.2. The number of rotatable bonds is 4. The van der Waals surface area contributed by atoms with Crippen LogP contribution in [0.5, 0.6) is 0 Å². The molecule has 0 radical (unpaired) electrons. The number of carbonyl (C=O) groups excluding carboxylic acids is 2. The molecule has 1 unspecified atom stereocenters. The summed E-state index contributed by atoms with van der Waals surface area (Å²) < 4.78 is 5.32. The second kappa shape index (κ2) is 6.46. The van der Waals surface area contributed by atoms with E-state index in [0.717, 1.165) is 0 Å². The number of pyridine rings is 1. The minimum Gasteiger partial charge on any atom is -0.464 e. The molecule has 0 saturated heterocycles. The van der Waals surface area contributed by atoms with E-state index in [0.29, 0.717) is 16.0 Å². The molecule has 7 heteroatoms. The second-order valence-electron chi connectivity index (χ2n) is 3.49. The average molecular weight is 316 g/mol. The third-order valence-electron chi connectivity index (χ3n) is 2.13. The van der Waals surface area contributed by atoms with Crippen LogP contribution in [-0.4, -0.2) is 29.5 Å². The number of halogens is 1. The van der Waals surface area contributed by atoms with Gasteiger partial charge in [-0.3, -0.25) is 4.79 Å². The fourth-order valence-electron chi connectivity index (χ4n) is 1.21. The largest absolute Gasteiger partial charge is 0.464 e. The normalized spacial score (nSPS) is 11.8. The van der Waals surface area contributed by atoms with Gasteiger partial charge >= 0.3 is 5.97 Å². The van der Waals surface area contributed by atoms with E-state index < -0.39 is 17.9 Å². The monoisotopic (exact) mass is 315 g/mol. The fourth-order valence-corrected chi connectivity index (χ4v) is 1.61. The van der Waals surface area contributed by atoms with Crippen LogP contribution in [0.2, 0.25) is 0 Å². The Labute approximate surface area is 113 Å². The van der Waals surface area contributed by atoms with Crippen molar-refractivity contribution in [1.82, 2.24) is 4.98 Å². The lowest BCUT2D eigenvalue weighted by molar-refractivity contribution is -0.146. The van der Waals surface area contributed by atoms with Crippen molar-refractivity contribution in [2.45, 2.75) is 19.9 Å². The topological polar surface area (TPSA) is 94.3 Å². The lowest BCUT2D eigenvalue weighted by Crippen LogP contribution is -2.43. The van der Waals surface area contributed by atoms with Gasteiger partial charge in [-0.25, -0.2) is 9.78 Å². The molecule has 0 fully saturated rings. The summed E-state index contributed by atoms with van der Waals surface area (Å²) in [5.74, 6) is -1.38. The zero-order valence-electron chi connectivity index (χ0n) is 10.1. The van der Waals surface area contributed by atoms with E-state index in [9.17, 15) is 9.59 Å². The van der Waals surface area contributed by atoms with Gasteiger partial charge in [0.25, 0.3) is 5.91 Å². The number of carbonyl (C=O) groups is 2. The van der Waals surface area contributed by atoms with Crippen LogP contribution in [0.15, 0.2) is 16.7 Å². The predicted molar refractivity (Wildman–Crippen MR) is 69.9 cm³/mol. The Balaban J connectivity index is 2.72. The van der Waals surface area contributed by atoms with Gasteiger partial charge in [-0.05, 0) is 41.9 Å². The van der Waals surface area contributed by atoms with Crippen LogP contribution in [0.25, 0.3) is 0 Å². The summed E-state index contributed by atoms with van der Waals surface area (Å²) in [4.78, 5) is 27.1. The molecule has 0 aliphatic heterocycles. The molecule has 0 bridgehead atoms. The van der Waals surface area contributed by atoms with Crippen molar-refractivity contribution in [3.05, 3.63) is 22.4 Å². The molecule has 1 aromatic heterocycles. The van der Waals surface area contributed by atoms with Gasteiger partial charge < -0.3 is 15.8 Å². The van der Waals surface area contributed by atoms with E-state index >= 15 is 0 Å². The van der Waals surface area contributed by atoms with E-state index in [1.807, 2.05) is 0 Å². The summed E-state index contributed by atoms with van der Waals surface area (Å²) in [5, 5.41) is 2.53. The predicted octanol–water partition coefficient (Wildman–Crippen LogP) is 0.981. The summed E-state index contributed by atoms with van der Waals surface area (Å²) in [6.45, 7) is 3.56. The van der Waals surface area contributed by atoms with Crippen LogP contribution >= 0.6 is 15.9 Å². The third kappa shape index (κ3) is 3.78. The number of anilines is 1. The SMILES string of the molecule is CCOC(=O)C(N)C(=O)Nc1ccc(Br)nc1C. The molecule has 0 saturated carbocycles. The Bertz CT molecular complexity index is 465. The maximum atomic E-state index is 11.7. The standard InChI is InChI=1S/C11H14BrN3O3/c1-3-18-11(17)9(13)10(16)15-7-4-5-8(12)14-6(7)2/h4-5,9H,3,13H2,1-2H3,(H,15,16). The van der Waals surface area contributed by atoms with Gasteiger partial charge in [0.15, 0.2) is 6.04 Å². The number of nitrogens with one attached hydrogen (secondary N) is 1. The van der Waals surface area contributed by atoms with Crippen molar-refractivity contribution < 1.29 is 14.3 Å². The number of nitrogens with zero attached hydrogens (tertiary/aromatic N) is 1. The van der Waals surface area contributed by atoms with Gasteiger partial charge in [0.05, 0.1) is 18.0 Å². The minimum atomic E-state index is -1.34. The van der Waals surface area contributed by atoms with E-state index in [2.05, 4.69) is 31.0 Å². The molecule has 1 heterocycles. The summed E-state index contributed by atoms with van der Waals surface area (Å²) >= 11 is 3.21. The molecule has 0 aliphatic rings. The zero-order chi connectivity index (χ0) is 13.7. The van der Waals surface area contributed by atoms with Gasteiger partial charge in [-0.1, -0.05) is 0 Å². The Morgan fingerprint density at radius 3 is 2.78 bits per heavy atom. The summed E-state index contributed by atoms with van der Waals surface area (Å²) in [6.07, 6.45) is 0. The van der Waals surface area contributed by atoms with Crippen molar-refractivity contribution in [3.8, 4) is 0 Å². The van der Waals surface area contributed by atoms with Crippen LogP contribution in [0, 0.1) is 6.92 Å². The van der Waals surface area contributed by atoms with Crippen LogP contribution in [0.1, 0.15) is 12.6 Å². The minimum absolute atomic E-state index is 0.179. The first-order valence-corrected chi connectivity index (χ1v) is 6.11. The number of aryl methyl sites for hydroxylation is 1. The molecule has 1 atom stereocenters. The molecule has 1 amide bonds. The first-order valence-electron chi connectivity index (χ1n) is 5.32. The van der Waals surface area contributed by atoms with Gasteiger partial charge in [0.2, 0.25) is 0 Å². The Kier molecular flexibility index (Phi) is 5.24. The number of hydrogen-bond acceptors (Lipinski definition) is 5. The Morgan fingerprint density at radius 2 is 2.22 bits per heavy atom. The maximum Gasteiger partial charge on any atom is 0.332 e. The van der Waals surface area contributed by atoms with E-state index in [4.69, 9.17) is 5.73 Å². The third-order valence-corrected chi connectivity index (χ3v) is 2.57. The van der Waals surface area contributed by atoms with Crippen LogP contribution in [0.3, 0.4) is 0 Å². The van der Waals surface area contributed by atoms with Gasteiger partial charge in [-0.2, -0.15) is 0 Å². The van der Waals surface area contributed by atoms with Crippen molar-refractivity contribution in [2.24, 2.45) is 5.73 Å². The molecule has 1 aromatic rings. The maximum absolute atomic E-state index is 11.7. The smallest absolute Gasteiger partial charge is 0.332 e. The molecule has 0 aliphatic carbocycles. The highest BCUT2D eigenvalue weighted by molar-refractivity contribution is 9.10. The van der Waals surface area contributed by atoms with Crippen molar-refractivity contribution in [3.63, 3.8) is 0 Å². The molecular weight excluding hydrogens is 302 g/mol. The molecule has 1 rings (SSSR count). The molecule has 0 spiro atoms. The van der Waals surface area contributed by atoms with E-state index in [1.165, 1.54) is 0 Å². The van der Waals surface area contributed by atoms with E-state index in [1.54, 1.807) is 26.0 Å². The van der Waals surface area contributed by atoms with Crippen LogP contribution in [0.4, 0.5) is 5.69 Å². The number of ether oxygens (including phenoxy) is 1. The number of amides is 1. The molecule has 3 N–H and O–H groups in total. The molecule has 98 valence electrons. The first-order chi connectivity index (χ1) is 8.45. The number of nitrogens with two attached hydrogens (primary N) is 1. The Hall–Kier alpha value is -1.47. The Morgan fingerprint density at radius 1 is 1.56 bits per heavy atom. The number of aromatic nitrogens is 1. The molecule has 0 aromatic carbocycles. The average Bonchev–Trinajstić information content (AvgIpc) is 2.32. The highest BCUT2D eigenvalue weighted by Gasteiger charge is 2.23. The molecular formula is C11H14BrN3O3. The summed E-state index contributed by atoms with van der Waals surface area (Å²) in [6, 6.07) is 2.01. The van der Waals surface area contributed by atoms with Gasteiger partial charge in [0, 0.05) is 0 Å². The van der Waals surface area contributed by atoms with Crippen molar-refractivity contribution in [2.75, 3.05) is 11.9 Å². The van der Waals surface area contributed by atoms with Crippen molar-refractivity contribution in [1.29, 1.82) is 0 Å². The molecule has 6 nitrogen and oxygen atoms in total. The number of hydrogen-bond donors (Lipinski definition) is 2. The first kappa shape index (κ1) is 14.6. The number of esters is 1. The second-order valence-corrected chi connectivity index (χ2v) is 4.30. The van der Waals surface area contributed by atoms with Gasteiger partial charge in [-0.15, -0.1) is 0 Å². The van der Waals surface area contributed by atoms with Crippen LogP contribution < -0.4 is 11.1 Å². The molecule has 18 heavy (non-hydrogen) atoms. The summed E-state index contributed by atoms with van der Waals surface area (Å²) in [5.41, 5.74) is 6.58. The fraction of sp³-hybridized carbons (Fsp3) is 0.364.